The minimum Gasteiger partial charge on any atom is -0.389 e. The molecule has 2 atom stereocenters. The summed E-state index contributed by atoms with van der Waals surface area (Å²) in [6.45, 7) is 3.85. The van der Waals surface area contributed by atoms with Gasteiger partial charge < -0.3 is 9.84 Å². The highest BCUT2D eigenvalue weighted by molar-refractivity contribution is 5.15. The lowest BCUT2D eigenvalue weighted by Gasteiger charge is -2.11. The maximum Gasteiger partial charge on any atom is 0.0862 e. The zero-order valence-corrected chi connectivity index (χ0v) is 8.49. The van der Waals surface area contributed by atoms with Crippen LogP contribution in [0.4, 0.5) is 0 Å². The van der Waals surface area contributed by atoms with E-state index < -0.39 is 6.10 Å². The molecular formula is C12H16O2. The molecule has 0 aromatic carbocycles. The van der Waals surface area contributed by atoms with Crippen LogP contribution in [0.5, 0.6) is 0 Å². The van der Waals surface area contributed by atoms with Gasteiger partial charge in [-0.1, -0.05) is 36.1 Å². The minimum atomic E-state index is -0.458. The zero-order valence-electron chi connectivity index (χ0n) is 8.49. The number of aliphatic hydroxyl groups is 1. The van der Waals surface area contributed by atoms with Gasteiger partial charge in [-0.05, 0) is 6.42 Å². The lowest BCUT2D eigenvalue weighted by molar-refractivity contribution is 0.142. The molecule has 0 aromatic rings. The molecule has 1 N–H and O–H groups in total. The average Bonchev–Trinajstić information content (AvgIpc) is 2.16. The Kier molecular flexibility index (Phi) is 4.45. The number of aliphatic hydroxyl groups excluding tert-OH is 1. The molecule has 1 aliphatic carbocycles. The van der Waals surface area contributed by atoms with E-state index in [1.807, 2.05) is 6.08 Å². The van der Waals surface area contributed by atoms with E-state index >= 15 is 0 Å². The summed E-state index contributed by atoms with van der Waals surface area (Å²) in [5.41, 5.74) is 0.977. The smallest absolute Gasteiger partial charge is 0.0862 e. The molecule has 0 bridgehead atoms. The fourth-order valence-electron chi connectivity index (χ4n) is 1.28. The molecule has 0 saturated heterocycles. The Morgan fingerprint density at radius 1 is 1.50 bits per heavy atom. The van der Waals surface area contributed by atoms with E-state index in [2.05, 4.69) is 18.4 Å². The van der Waals surface area contributed by atoms with Crippen LogP contribution in [-0.2, 0) is 4.74 Å². The molecule has 2 unspecified atom stereocenters. The third kappa shape index (κ3) is 3.78. The Morgan fingerprint density at radius 2 is 2.29 bits per heavy atom. The van der Waals surface area contributed by atoms with Gasteiger partial charge in [0, 0.05) is 20.0 Å². The molecule has 1 rings (SSSR count). The van der Waals surface area contributed by atoms with E-state index in [1.165, 1.54) is 0 Å². The van der Waals surface area contributed by atoms with E-state index in [4.69, 9.17) is 4.74 Å². The Hall–Kier alpha value is -1.04. The van der Waals surface area contributed by atoms with Gasteiger partial charge >= 0.3 is 0 Å². The highest BCUT2D eigenvalue weighted by Gasteiger charge is 2.06. The predicted octanol–water partition coefficient (Wildman–Crippen LogP) is 1.66. The number of methoxy groups -OCH3 is 1. The van der Waals surface area contributed by atoms with Crippen molar-refractivity contribution < 1.29 is 9.84 Å². The van der Waals surface area contributed by atoms with Gasteiger partial charge in [-0.2, -0.15) is 0 Å². The third-order valence-electron chi connectivity index (χ3n) is 2.12. The van der Waals surface area contributed by atoms with Gasteiger partial charge in [0.1, 0.15) is 0 Å². The monoisotopic (exact) mass is 192 g/mol. The van der Waals surface area contributed by atoms with Crippen molar-refractivity contribution in [1.82, 2.24) is 0 Å². The van der Waals surface area contributed by atoms with Crippen molar-refractivity contribution in [1.29, 1.82) is 0 Å². The van der Waals surface area contributed by atoms with E-state index in [0.29, 0.717) is 19.3 Å². The van der Waals surface area contributed by atoms with Crippen LogP contribution >= 0.6 is 0 Å². The van der Waals surface area contributed by atoms with E-state index in [9.17, 15) is 5.11 Å². The van der Waals surface area contributed by atoms with Crippen LogP contribution in [0.25, 0.3) is 0 Å². The standard InChI is InChI=1S/C12H16O2/c1-10-5-3-4-6-12(14-2)8-7-11(13)9-10/h7-8,11-13H,1,5-6,9H2,2H3/b8-7+. The van der Waals surface area contributed by atoms with Crippen LogP contribution in [0.1, 0.15) is 19.3 Å². The first kappa shape index (κ1) is 11.0. The van der Waals surface area contributed by atoms with Gasteiger partial charge in [0.2, 0.25) is 0 Å². The molecular weight excluding hydrogens is 176 g/mol. The van der Waals surface area contributed by atoms with Crippen molar-refractivity contribution in [2.75, 3.05) is 7.11 Å². The molecule has 0 heterocycles. The topological polar surface area (TPSA) is 29.5 Å². The summed E-state index contributed by atoms with van der Waals surface area (Å²) >= 11 is 0. The van der Waals surface area contributed by atoms with Crippen LogP contribution in [0.2, 0.25) is 0 Å². The Balaban J connectivity index is 2.67. The van der Waals surface area contributed by atoms with Crippen LogP contribution < -0.4 is 0 Å². The largest absolute Gasteiger partial charge is 0.389 e. The average molecular weight is 192 g/mol. The summed E-state index contributed by atoms with van der Waals surface area (Å²) in [4.78, 5) is 0. The molecule has 2 nitrogen and oxygen atoms in total. The van der Waals surface area contributed by atoms with Crippen molar-refractivity contribution in [3.8, 4) is 11.8 Å². The second-order valence-electron chi connectivity index (χ2n) is 3.41. The van der Waals surface area contributed by atoms with Crippen molar-refractivity contribution in [3.05, 3.63) is 24.3 Å². The molecule has 0 fully saturated rings. The first-order valence-corrected chi connectivity index (χ1v) is 4.74. The second kappa shape index (κ2) is 5.64. The van der Waals surface area contributed by atoms with Gasteiger partial charge in [-0.25, -0.2) is 0 Å². The highest BCUT2D eigenvalue weighted by atomic mass is 16.5. The first-order chi connectivity index (χ1) is 6.72. The van der Waals surface area contributed by atoms with Gasteiger partial charge in [0.15, 0.2) is 0 Å². The fourth-order valence-corrected chi connectivity index (χ4v) is 1.28. The maximum atomic E-state index is 9.56. The third-order valence-corrected chi connectivity index (χ3v) is 2.12. The summed E-state index contributed by atoms with van der Waals surface area (Å²) in [6.07, 6.45) is 5.07. The molecule has 14 heavy (non-hydrogen) atoms. The lowest BCUT2D eigenvalue weighted by atomic mass is 10.0. The fraction of sp³-hybridized carbons (Fsp3) is 0.500. The highest BCUT2D eigenvalue weighted by Crippen LogP contribution is 2.10. The second-order valence-corrected chi connectivity index (χ2v) is 3.41. The molecule has 0 spiro atoms. The van der Waals surface area contributed by atoms with E-state index in [0.717, 1.165) is 5.57 Å². The van der Waals surface area contributed by atoms with Crippen molar-refractivity contribution in [2.24, 2.45) is 0 Å². The molecule has 0 aromatic heterocycles. The SMILES string of the molecule is C=C1CC#CCC(OC)/C=C/C(O)C1. The predicted molar refractivity (Wildman–Crippen MR) is 56.7 cm³/mol. The van der Waals surface area contributed by atoms with Gasteiger partial charge in [-0.15, -0.1) is 0 Å². The van der Waals surface area contributed by atoms with Crippen molar-refractivity contribution >= 4 is 0 Å². The van der Waals surface area contributed by atoms with Gasteiger partial charge in [-0.3, -0.25) is 0 Å². The summed E-state index contributed by atoms with van der Waals surface area (Å²) in [7, 11) is 1.65. The number of rotatable bonds is 1. The van der Waals surface area contributed by atoms with E-state index in [-0.39, 0.29) is 6.10 Å². The summed E-state index contributed by atoms with van der Waals surface area (Å²) in [6, 6.07) is 0. The Labute approximate surface area is 85.3 Å². The maximum absolute atomic E-state index is 9.56. The normalized spacial score (nSPS) is 30.3. The number of ether oxygens (including phenoxy) is 1. The zero-order chi connectivity index (χ0) is 10.4. The minimum absolute atomic E-state index is 0.0106. The number of hydrogen-bond acceptors (Lipinski definition) is 2. The van der Waals surface area contributed by atoms with Crippen LogP contribution in [0.3, 0.4) is 0 Å². The van der Waals surface area contributed by atoms with Gasteiger partial charge in [0.25, 0.3) is 0 Å². The summed E-state index contributed by atoms with van der Waals surface area (Å²) in [5.74, 6) is 6.05. The molecule has 2 heteroatoms. The number of hydrogen-bond donors (Lipinski definition) is 1. The Bertz CT molecular complexity index is 280. The molecule has 0 aliphatic heterocycles. The van der Waals surface area contributed by atoms with Gasteiger partial charge in [0.05, 0.1) is 12.2 Å². The van der Waals surface area contributed by atoms with Crippen LogP contribution in [0, 0.1) is 11.8 Å². The van der Waals surface area contributed by atoms with Crippen LogP contribution in [-0.4, -0.2) is 24.4 Å². The molecule has 76 valence electrons. The first-order valence-electron chi connectivity index (χ1n) is 4.74. The van der Waals surface area contributed by atoms with Crippen molar-refractivity contribution in [2.45, 2.75) is 31.5 Å². The molecule has 0 saturated carbocycles. The quantitative estimate of drug-likeness (QED) is 0.506. The summed E-state index contributed by atoms with van der Waals surface area (Å²) < 4.78 is 5.18. The summed E-state index contributed by atoms with van der Waals surface area (Å²) in [5, 5.41) is 9.56. The molecule has 1 aliphatic rings. The molecule has 0 amide bonds. The van der Waals surface area contributed by atoms with Crippen LogP contribution in [0.15, 0.2) is 24.3 Å². The Morgan fingerprint density at radius 3 is 3.00 bits per heavy atom. The molecule has 0 radical (unpaired) electrons. The van der Waals surface area contributed by atoms with E-state index in [1.54, 1.807) is 13.2 Å². The van der Waals surface area contributed by atoms with Crippen molar-refractivity contribution in [3.63, 3.8) is 0 Å². The lowest BCUT2D eigenvalue weighted by Crippen LogP contribution is -2.10.